The summed E-state index contributed by atoms with van der Waals surface area (Å²) in [7, 11) is 2.03. The Labute approximate surface area is 194 Å². The van der Waals surface area contributed by atoms with Crippen molar-refractivity contribution in [3.63, 3.8) is 0 Å². The number of aryl methyl sites for hydroxylation is 2. The van der Waals surface area contributed by atoms with Crippen LogP contribution in [-0.2, 0) is 6.42 Å². The van der Waals surface area contributed by atoms with Crippen LogP contribution in [0.5, 0.6) is 0 Å². The fraction of sp³-hybridized carbons (Fsp3) is 0.346. The van der Waals surface area contributed by atoms with Crippen molar-refractivity contribution in [1.29, 1.82) is 0 Å². The first-order valence-electron chi connectivity index (χ1n) is 11.1. The van der Waals surface area contributed by atoms with Gasteiger partial charge in [-0.05, 0) is 62.1 Å². The maximum absolute atomic E-state index is 12.4. The number of hydrogen-bond acceptors (Lipinski definition) is 4. The molecule has 1 saturated heterocycles. The summed E-state index contributed by atoms with van der Waals surface area (Å²) in [4.78, 5) is 25.8. The van der Waals surface area contributed by atoms with E-state index in [2.05, 4.69) is 48.2 Å². The van der Waals surface area contributed by atoms with Gasteiger partial charge >= 0.3 is 0 Å². The van der Waals surface area contributed by atoms with Gasteiger partial charge in [-0.3, -0.25) is 4.79 Å². The Morgan fingerprint density at radius 3 is 2.59 bits per heavy atom. The summed E-state index contributed by atoms with van der Waals surface area (Å²) < 4.78 is 0. The Balaban J connectivity index is 1.46. The zero-order valence-corrected chi connectivity index (χ0v) is 20.1. The lowest BCUT2D eigenvalue weighted by molar-refractivity contribution is 0.0652. The van der Waals surface area contributed by atoms with Crippen molar-refractivity contribution in [2.75, 3.05) is 26.7 Å². The van der Waals surface area contributed by atoms with Crippen LogP contribution in [0.3, 0.4) is 0 Å². The van der Waals surface area contributed by atoms with E-state index in [-0.39, 0.29) is 5.91 Å². The van der Waals surface area contributed by atoms with E-state index in [1.807, 2.05) is 42.6 Å². The first-order chi connectivity index (χ1) is 15.4. The minimum Gasteiger partial charge on any atom is -0.366 e. The zero-order chi connectivity index (χ0) is 22.7. The van der Waals surface area contributed by atoms with E-state index in [9.17, 15) is 4.79 Å². The molecule has 0 atom stereocenters. The molecule has 2 heterocycles. The van der Waals surface area contributed by atoms with Gasteiger partial charge in [0, 0.05) is 49.6 Å². The van der Waals surface area contributed by atoms with E-state index in [0.717, 1.165) is 60.0 Å². The molecule has 1 fully saturated rings. The van der Waals surface area contributed by atoms with Crippen molar-refractivity contribution in [3.05, 3.63) is 69.0 Å². The Bertz CT molecular complexity index is 1130. The Kier molecular flexibility index (Phi) is 6.70. The first kappa shape index (κ1) is 22.2. The van der Waals surface area contributed by atoms with E-state index in [0.29, 0.717) is 0 Å². The number of thiazole rings is 1. The minimum atomic E-state index is 0.127. The van der Waals surface area contributed by atoms with Crippen molar-refractivity contribution >= 4 is 29.3 Å². The molecule has 32 heavy (non-hydrogen) atoms. The lowest BCUT2D eigenvalue weighted by atomic mass is 10.0. The number of carbonyl (C=O) groups excluding carboxylic acids is 1. The van der Waals surface area contributed by atoms with Gasteiger partial charge in [0.2, 0.25) is 0 Å². The summed E-state index contributed by atoms with van der Waals surface area (Å²) in [5.74, 6) is 0.127. The Hall–Kier alpha value is -2.99. The highest BCUT2D eigenvalue weighted by atomic mass is 32.1. The predicted molar refractivity (Wildman–Crippen MR) is 133 cm³/mol. The third-order valence-electron chi connectivity index (χ3n) is 6.01. The first-order valence-corrected chi connectivity index (χ1v) is 12.0. The van der Waals surface area contributed by atoms with Crippen LogP contribution < -0.4 is 0 Å². The summed E-state index contributed by atoms with van der Waals surface area (Å²) in [6.07, 6.45) is 3.80. The molecule has 2 aromatic carbocycles. The molecule has 1 aliphatic rings. The molecule has 0 N–H and O–H groups in total. The molecule has 1 amide bonds. The molecule has 3 aromatic rings. The second-order valence-electron chi connectivity index (χ2n) is 8.41. The van der Waals surface area contributed by atoms with E-state index in [4.69, 9.17) is 4.98 Å². The molecule has 0 aliphatic carbocycles. The van der Waals surface area contributed by atoms with Gasteiger partial charge in [-0.2, -0.15) is 0 Å². The smallest absolute Gasteiger partial charge is 0.253 e. The van der Waals surface area contributed by atoms with Crippen LogP contribution in [0.15, 0.2) is 46.8 Å². The molecule has 5 nitrogen and oxygen atoms in total. The maximum atomic E-state index is 12.4. The summed E-state index contributed by atoms with van der Waals surface area (Å²) in [6, 6.07) is 12.2. The number of hydrogen-bond donors (Lipinski definition) is 0. The molecular weight excluding hydrogens is 416 g/mol. The molecule has 6 heteroatoms. The highest BCUT2D eigenvalue weighted by Gasteiger charge is 2.21. The SMILES string of the molecule is CCN(C)C=Nc1cc(C)c(Cc2nc(-c3ccc(C(=O)N4CCC4)cc3)cs2)cc1C. The van der Waals surface area contributed by atoms with Crippen molar-refractivity contribution < 1.29 is 4.79 Å². The number of likely N-dealkylation sites (tertiary alicyclic amines) is 1. The third-order valence-corrected chi connectivity index (χ3v) is 6.86. The second kappa shape index (κ2) is 9.65. The van der Waals surface area contributed by atoms with Gasteiger partial charge in [-0.1, -0.05) is 18.2 Å². The molecule has 4 rings (SSSR count). The van der Waals surface area contributed by atoms with Gasteiger partial charge in [0.1, 0.15) is 0 Å². The number of aromatic nitrogens is 1. The highest BCUT2D eigenvalue weighted by Crippen LogP contribution is 2.28. The molecule has 0 unspecified atom stereocenters. The fourth-order valence-corrected chi connectivity index (χ4v) is 4.43. The number of benzene rings is 2. The average molecular weight is 447 g/mol. The standard InChI is InChI=1S/C26H30N4OS/c1-5-29(4)17-27-23-14-18(2)22(13-19(23)3)15-25-28-24(16-32-25)20-7-9-21(10-8-20)26(31)30-11-6-12-30/h7-10,13-14,16-17H,5-6,11-12,15H2,1-4H3. The van der Waals surface area contributed by atoms with Gasteiger partial charge in [0.05, 0.1) is 22.7 Å². The molecule has 1 aromatic heterocycles. The number of rotatable bonds is 7. The van der Waals surface area contributed by atoms with Crippen molar-refractivity contribution in [3.8, 4) is 11.3 Å². The van der Waals surface area contributed by atoms with Crippen molar-refractivity contribution in [1.82, 2.24) is 14.8 Å². The number of amides is 1. The van der Waals surface area contributed by atoms with Crippen LogP contribution in [0, 0.1) is 13.8 Å². The molecule has 0 spiro atoms. The van der Waals surface area contributed by atoms with Crippen LogP contribution in [0.25, 0.3) is 11.3 Å². The van der Waals surface area contributed by atoms with Crippen LogP contribution in [0.1, 0.15) is 45.4 Å². The van der Waals surface area contributed by atoms with E-state index in [1.54, 1.807) is 11.3 Å². The van der Waals surface area contributed by atoms with E-state index >= 15 is 0 Å². The normalized spacial score (nSPS) is 13.4. The fourth-order valence-electron chi connectivity index (χ4n) is 3.61. The maximum Gasteiger partial charge on any atom is 0.253 e. The molecule has 0 radical (unpaired) electrons. The van der Waals surface area contributed by atoms with Crippen molar-refractivity contribution in [2.45, 2.75) is 33.6 Å². The van der Waals surface area contributed by atoms with Gasteiger partial charge in [-0.25, -0.2) is 9.98 Å². The molecule has 0 bridgehead atoms. The van der Waals surface area contributed by atoms with Crippen molar-refractivity contribution in [2.24, 2.45) is 4.99 Å². The number of carbonyl (C=O) groups is 1. The molecule has 1 aliphatic heterocycles. The topological polar surface area (TPSA) is 48.8 Å². The van der Waals surface area contributed by atoms with E-state index < -0.39 is 0 Å². The molecular formula is C26H30N4OS. The number of aliphatic imine (C=N–C) groups is 1. The highest BCUT2D eigenvalue weighted by molar-refractivity contribution is 7.10. The Morgan fingerprint density at radius 2 is 1.94 bits per heavy atom. The quantitative estimate of drug-likeness (QED) is 0.357. The Morgan fingerprint density at radius 1 is 1.19 bits per heavy atom. The van der Waals surface area contributed by atoms with Crippen LogP contribution in [0.2, 0.25) is 0 Å². The largest absolute Gasteiger partial charge is 0.366 e. The van der Waals surface area contributed by atoms with Gasteiger partial charge in [0.25, 0.3) is 5.91 Å². The van der Waals surface area contributed by atoms with Crippen LogP contribution in [-0.4, -0.2) is 53.7 Å². The average Bonchev–Trinajstić information content (AvgIpc) is 3.22. The second-order valence-corrected chi connectivity index (χ2v) is 9.35. The van der Waals surface area contributed by atoms with E-state index in [1.165, 1.54) is 16.7 Å². The minimum absolute atomic E-state index is 0.127. The molecule has 166 valence electrons. The predicted octanol–water partition coefficient (Wildman–Crippen LogP) is 5.48. The van der Waals surface area contributed by atoms with Crippen LogP contribution >= 0.6 is 11.3 Å². The summed E-state index contributed by atoms with van der Waals surface area (Å²) in [6.45, 7) is 9.04. The summed E-state index contributed by atoms with van der Waals surface area (Å²) >= 11 is 1.68. The summed E-state index contributed by atoms with van der Waals surface area (Å²) in [5.41, 5.74) is 7.46. The molecule has 0 saturated carbocycles. The van der Waals surface area contributed by atoms with Crippen LogP contribution in [0.4, 0.5) is 5.69 Å². The summed E-state index contributed by atoms with van der Waals surface area (Å²) in [5, 5.41) is 3.19. The monoisotopic (exact) mass is 446 g/mol. The van der Waals surface area contributed by atoms with Gasteiger partial charge in [0.15, 0.2) is 0 Å². The lowest BCUT2D eigenvalue weighted by Gasteiger charge is -2.30. The zero-order valence-electron chi connectivity index (χ0n) is 19.3. The van der Waals surface area contributed by atoms with Gasteiger partial charge in [-0.15, -0.1) is 11.3 Å². The third kappa shape index (κ3) is 4.91. The van der Waals surface area contributed by atoms with Gasteiger partial charge < -0.3 is 9.80 Å². The number of nitrogens with zero attached hydrogens (tertiary/aromatic N) is 4. The lowest BCUT2D eigenvalue weighted by Crippen LogP contribution is -2.41.